The van der Waals surface area contributed by atoms with E-state index in [0.717, 1.165) is 21.2 Å². The average Bonchev–Trinajstić information content (AvgIpc) is 3.04. The van der Waals surface area contributed by atoms with Crippen molar-refractivity contribution < 1.29 is 13.6 Å². The van der Waals surface area contributed by atoms with Crippen LogP contribution < -0.4 is 4.80 Å². The number of halogens is 3. The Morgan fingerprint density at radius 2 is 2.13 bits per heavy atom. The molecule has 0 fully saturated rings. The van der Waals surface area contributed by atoms with E-state index in [-0.39, 0.29) is 16.9 Å². The van der Waals surface area contributed by atoms with Crippen LogP contribution in [0.5, 0.6) is 0 Å². The van der Waals surface area contributed by atoms with Crippen molar-refractivity contribution in [3.05, 3.63) is 49.4 Å². The molecule has 3 rings (SSSR count). The molecule has 0 radical (unpaired) electrons. The van der Waals surface area contributed by atoms with E-state index in [4.69, 9.17) is 6.42 Å². The fourth-order valence-electron chi connectivity index (χ4n) is 2.02. The number of aromatic nitrogens is 1. The molecule has 3 aromatic rings. The molecule has 3 nitrogen and oxygen atoms in total. The molecule has 116 valence electrons. The summed E-state index contributed by atoms with van der Waals surface area (Å²) in [6, 6.07) is 5.36. The van der Waals surface area contributed by atoms with Crippen molar-refractivity contribution >= 4 is 54.7 Å². The number of carbonyl (C=O) groups excluding carboxylic acids is 1. The molecule has 0 bridgehead atoms. The molecule has 2 heterocycles. The first-order valence-corrected chi connectivity index (χ1v) is 8.68. The van der Waals surface area contributed by atoms with Crippen LogP contribution in [0.4, 0.5) is 8.78 Å². The van der Waals surface area contributed by atoms with E-state index in [1.807, 2.05) is 0 Å². The van der Waals surface area contributed by atoms with Crippen LogP contribution in [0.1, 0.15) is 9.67 Å². The van der Waals surface area contributed by atoms with Gasteiger partial charge in [-0.3, -0.25) is 4.79 Å². The molecule has 23 heavy (non-hydrogen) atoms. The van der Waals surface area contributed by atoms with E-state index in [9.17, 15) is 13.6 Å². The summed E-state index contributed by atoms with van der Waals surface area (Å²) >= 11 is 5.53. The molecule has 2 aromatic heterocycles. The summed E-state index contributed by atoms with van der Waals surface area (Å²) in [6.07, 6.45) is 5.31. The minimum absolute atomic E-state index is 0.0306. The maximum Gasteiger partial charge on any atom is 0.289 e. The molecule has 0 saturated carbocycles. The van der Waals surface area contributed by atoms with Crippen LogP contribution in [-0.4, -0.2) is 10.5 Å². The van der Waals surface area contributed by atoms with Gasteiger partial charge in [-0.25, -0.2) is 8.78 Å². The molecule has 0 aliphatic rings. The summed E-state index contributed by atoms with van der Waals surface area (Å²) in [7, 11) is 0. The monoisotopic (exact) mass is 412 g/mol. The number of thiazole rings is 1. The number of terminal acetylenes is 1. The van der Waals surface area contributed by atoms with E-state index in [0.29, 0.717) is 9.58 Å². The Morgan fingerprint density at radius 3 is 2.78 bits per heavy atom. The summed E-state index contributed by atoms with van der Waals surface area (Å²) in [5.74, 6) is 0.508. The van der Waals surface area contributed by atoms with Gasteiger partial charge in [-0.2, -0.15) is 4.99 Å². The number of thiophene rings is 1. The van der Waals surface area contributed by atoms with Crippen molar-refractivity contribution in [1.29, 1.82) is 0 Å². The molecule has 0 atom stereocenters. The van der Waals surface area contributed by atoms with Crippen molar-refractivity contribution in [3.8, 4) is 12.3 Å². The SMILES string of the molecule is C#CCn1c(=NC(=O)c2ccc(Br)s2)sc2cc(F)cc(F)c21. The number of benzene rings is 1. The summed E-state index contributed by atoms with van der Waals surface area (Å²) in [6.45, 7) is 0.0306. The van der Waals surface area contributed by atoms with Gasteiger partial charge in [-0.1, -0.05) is 17.3 Å². The highest BCUT2D eigenvalue weighted by atomic mass is 79.9. The molecular weight excluding hydrogens is 406 g/mol. The standard InChI is InChI=1S/C15H7BrF2N2OS2/c1-2-5-20-13-9(18)6-8(17)7-11(13)23-15(20)19-14(21)10-3-4-12(16)22-10/h1,3-4,6-7H,5H2. The van der Waals surface area contributed by atoms with Crippen LogP contribution in [0.25, 0.3) is 10.2 Å². The fourth-order valence-corrected chi connectivity index (χ4v) is 4.36. The van der Waals surface area contributed by atoms with Crippen molar-refractivity contribution in [3.63, 3.8) is 0 Å². The Hall–Kier alpha value is -1.82. The van der Waals surface area contributed by atoms with Gasteiger partial charge in [0.2, 0.25) is 0 Å². The zero-order chi connectivity index (χ0) is 16.6. The van der Waals surface area contributed by atoms with Gasteiger partial charge in [0.1, 0.15) is 5.82 Å². The van der Waals surface area contributed by atoms with Crippen molar-refractivity contribution in [2.45, 2.75) is 6.54 Å². The molecule has 0 unspecified atom stereocenters. The molecule has 1 amide bonds. The second-order valence-corrected chi connectivity index (χ2v) is 7.90. The number of hydrogen-bond acceptors (Lipinski definition) is 3. The second kappa shape index (κ2) is 6.35. The van der Waals surface area contributed by atoms with Crippen LogP contribution in [0.3, 0.4) is 0 Å². The Bertz CT molecular complexity index is 1030. The lowest BCUT2D eigenvalue weighted by molar-refractivity contribution is 0.100. The highest BCUT2D eigenvalue weighted by Crippen LogP contribution is 2.24. The molecule has 0 aliphatic heterocycles. The summed E-state index contributed by atoms with van der Waals surface area (Å²) in [5, 5.41) is 0. The highest BCUT2D eigenvalue weighted by Gasteiger charge is 2.14. The van der Waals surface area contributed by atoms with E-state index < -0.39 is 17.5 Å². The lowest BCUT2D eigenvalue weighted by atomic mass is 10.3. The number of carbonyl (C=O) groups is 1. The largest absolute Gasteiger partial charge is 0.302 e. The van der Waals surface area contributed by atoms with E-state index >= 15 is 0 Å². The Labute approximate surface area is 146 Å². The van der Waals surface area contributed by atoms with Gasteiger partial charge in [-0.05, 0) is 34.1 Å². The number of rotatable bonds is 2. The summed E-state index contributed by atoms with van der Waals surface area (Å²) in [4.78, 5) is 16.9. The number of amides is 1. The van der Waals surface area contributed by atoms with Crippen LogP contribution in [-0.2, 0) is 6.54 Å². The van der Waals surface area contributed by atoms with E-state index in [1.54, 1.807) is 12.1 Å². The van der Waals surface area contributed by atoms with Crippen LogP contribution in [0, 0.1) is 24.0 Å². The van der Waals surface area contributed by atoms with Crippen molar-refractivity contribution in [2.75, 3.05) is 0 Å². The smallest absolute Gasteiger partial charge is 0.289 e. The Balaban J connectivity index is 2.22. The summed E-state index contributed by atoms with van der Waals surface area (Å²) < 4.78 is 30.0. The number of nitrogens with zero attached hydrogens (tertiary/aromatic N) is 2. The Kier molecular flexibility index (Phi) is 4.43. The Morgan fingerprint density at radius 1 is 1.35 bits per heavy atom. The lowest BCUT2D eigenvalue weighted by Gasteiger charge is -2.00. The zero-order valence-electron chi connectivity index (χ0n) is 11.3. The molecule has 8 heteroatoms. The lowest BCUT2D eigenvalue weighted by Crippen LogP contribution is -2.16. The minimum Gasteiger partial charge on any atom is -0.302 e. The molecule has 1 aromatic carbocycles. The van der Waals surface area contributed by atoms with Crippen LogP contribution >= 0.6 is 38.6 Å². The third-order valence-corrected chi connectivity index (χ3v) is 5.56. The average molecular weight is 413 g/mol. The quantitative estimate of drug-likeness (QED) is 0.581. The van der Waals surface area contributed by atoms with Gasteiger partial charge in [0.05, 0.1) is 25.4 Å². The number of fused-ring (bicyclic) bond motifs is 1. The first-order chi connectivity index (χ1) is 11.0. The van der Waals surface area contributed by atoms with Crippen LogP contribution in [0.15, 0.2) is 33.0 Å². The van der Waals surface area contributed by atoms with Gasteiger partial charge in [-0.15, -0.1) is 17.8 Å². The van der Waals surface area contributed by atoms with Gasteiger partial charge >= 0.3 is 0 Å². The third kappa shape index (κ3) is 3.13. The predicted octanol–water partition coefficient (Wildman–Crippen LogP) is 4.18. The van der Waals surface area contributed by atoms with Gasteiger partial charge in [0.25, 0.3) is 5.91 Å². The predicted molar refractivity (Wildman–Crippen MR) is 90.5 cm³/mol. The third-order valence-electron chi connectivity index (χ3n) is 2.93. The van der Waals surface area contributed by atoms with Crippen LogP contribution in [0.2, 0.25) is 0 Å². The fraction of sp³-hybridized carbons (Fsp3) is 0.0667. The normalized spacial score (nSPS) is 11.8. The molecular formula is C15H7BrF2N2OS2. The van der Waals surface area contributed by atoms with E-state index in [1.165, 1.54) is 22.0 Å². The molecule has 0 spiro atoms. The topological polar surface area (TPSA) is 34.4 Å². The zero-order valence-corrected chi connectivity index (χ0v) is 14.6. The van der Waals surface area contributed by atoms with Crippen molar-refractivity contribution in [2.24, 2.45) is 4.99 Å². The molecule has 0 N–H and O–H groups in total. The molecule has 0 saturated heterocycles. The first-order valence-electron chi connectivity index (χ1n) is 6.26. The van der Waals surface area contributed by atoms with Crippen molar-refractivity contribution in [1.82, 2.24) is 4.57 Å². The van der Waals surface area contributed by atoms with Gasteiger partial charge in [0.15, 0.2) is 10.6 Å². The first kappa shape index (κ1) is 16.1. The summed E-state index contributed by atoms with van der Waals surface area (Å²) in [5.41, 5.74) is 0.147. The minimum atomic E-state index is -0.737. The number of hydrogen-bond donors (Lipinski definition) is 0. The maximum absolute atomic E-state index is 14.1. The maximum atomic E-state index is 14.1. The van der Waals surface area contributed by atoms with Gasteiger partial charge in [0, 0.05) is 6.07 Å². The molecule has 0 aliphatic carbocycles. The van der Waals surface area contributed by atoms with Gasteiger partial charge < -0.3 is 4.57 Å². The highest BCUT2D eigenvalue weighted by molar-refractivity contribution is 9.11. The van der Waals surface area contributed by atoms with E-state index in [2.05, 4.69) is 26.8 Å². The second-order valence-electron chi connectivity index (χ2n) is 4.43.